The minimum atomic E-state index is -2.17. The van der Waals surface area contributed by atoms with Crippen LogP contribution < -0.4 is 4.74 Å². The van der Waals surface area contributed by atoms with Gasteiger partial charge in [-0.05, 0) is 32.0 Å². The lowest BCUT2D eigenvalue weighted by Crippen LogP contribution is -2.63. The van der Waals surface area contributed by atoms with E-state index in [1.54, 1.807) is 30.3 Å². The number of carbonyl (C=O) groups excluding carboxylic acids is 1. The third-order valence-electron chi connectivity index (χ3n) is 4.42. The summed E-state index contributed by atoms with van der Waals surface area (Å²) in [4.78, 5) is 16.5. The summed E-state index contributed by atoms with van der Waals surface area (Å²) >= 11 is 0. The molecule has 7 nitrogen and oxygen atoms in total. The van der Waals surface area contributed by atoms with E-state index in [4.69, 9.17) is 4.74 Å². The number of hydrogen-bond acceptors (Lipinski definition) is 6. The first kappa shape index (κ1) is 16.9. The SMILES string of the molecule is CC1(C)Oc2ccccc2C(N(O)C(=O)c2cccnc2)C1(O)C#N. The van der Waals surface area contributed by atoms with Crippen LogP contribution in [0.25, 0.3) is 0 Å². The van der Waals surface area contributed by atoms with E-state index in [2.05, 4.69) is 4.98 Å². The molecular weight excluding hydrogens is 322 g/mol. The van der Waals surface area contributed by atoms with Crippen molar-refractivity contribution in [3.63, 3.8) is 0 Å². The molecule has 1 aliphatic heterocycles. The number of carbonyl (C=O) groups is 1. The molecule has 0 saturated carbocycles. The summed E-state index contributed by atoms with van der Waals surface area (Å²) in [5.41, 5.74) is -3.07. The van der Waals surface area contributed by atoms with Crippen LogP contribution in [0, 0.1) is 11.3 Å². The Morgan fingerprint density at radius 2 is 2.04 bits per heavy atom. The lowest BCUT2D eigenvalue weighted by molar-refractivity contribution is -0.195. The number of pyridine rings is 1. The number of hydroxylamine groups is 2. The maximum Gasteiger partial charge on any atom is 0.279 e. The molecule has 0 spiro atoms. The summed E-state index contributed by atoms with van der Waals surface area (Å²) in [6.45, 7) is 3.06. The molecule has 2 unspecified atom stereocenters. The summed E-state index contributed by atoms with van der Waals surface area (Å²) in [6.07, 6.45) is 2.80. The minimum Gasteiger partial charge on any atom is -0.483 e. The molecule has 3 rings (SSSR count). The molecule has 0 radical (unpaired) electrons. The molecule has 1 aromatic heterocycles. The maximum atomic E-state index is 12.6. The van der Waals surface area contributed by atoms with E-state index in [0.29, 0.717) is 16.4 Å². The Kier molecular flexibility index (Phi) is 3.95. The lowest BCUT2D eigenvalue weighted by Gasteiger charge is -2.48. The molecule has 0 saturated heterocycles. The number of para-hydroxylation sites is 1. The average molecular weight is 339 g/mol. The fourth-order valence-electron chi connectivity index (χ4n) is 2.95. The van der Waals surface area contributed by atoms with Gasteiger partial charge in [0.15, 0.2) is 0 Å². The maximum absolute atomic E-state index is 12.6. The van der Waals surface area contributed by atoms with Gasteiger partial charge in [0.25, 0.3) is 5.91 Å². The normalized spacial score (nSPS) is 23.7. The Morgan fingerprint density at radius 3 is 2.68 bits per heavy atom. The van der Waals surface area contributed by atoms with Crippen LogP contribution in [0.2, 0.25) is 0 Å². The molecule has 1 aliphatic rings. The number of ether oxygens (including phenoxy) is 1. The van der Waals surface area contributed by atoms with Gasteiger partial charge in [-0.1, -0.05) is 18.2 Å². The van der Waals surface area contributed by atoms with Gasteiger partial charge in [-0.15, -0.1) is 0 Å². The molecule has 7 heteroatoms. The van der Waals surface area contributed by atoms with E-state index < -0.39 is 23.2 Å². The molecule has 0 aliphatic carbocycles. The molecule has 0 fully saturated rings. The van der Waals surface area contributed by atoms with E-state index in [-0.39, 0.29) is 5.56 Å². The molecule has 2 aromatic rings. The number of benzene rings is 1. The summed E-state index contributed by atoms with van der Waals surface area (Å²) in [5.74, 6) is -0.394. The molecule has 128 valence electrons. The number of hydrogen-bond donors (Lipinski definition) is 2. The number of aliphatic hydroxyl groups is 1. The van der Waals surface area contributed by atoms with Crippen LogP contribution in [0.15, 0.2) is 48.8 Å². The first-order valence-corrected chi connectivity index (χ1v) is 7.66. The highest BCUT2D eigenvalue weighted by molar-refractivity contribution is 5.93. The Balaban J connectivity index is 2.14. The van der Waals surface area contributed by atoms with Crippen molar-refractivity contribution in [2.45, 2.75) is 31.1 Å². The summed E-state index contributed by atoms with van der Waals surface area (Å²) in [6, 6.07) is 10.2. The number of nitrogens with zero attached hydrogens (tertiary/aromatic N) is 3. The smallest absolute Gasteiger partial charge is 0.279 e. The van der Waals surface area contributed by atoms with Gasteiger partial charge in [-0.3, -0.25) is 15.0 Å². The lowest BCUT2D eigenvalue weighted by atomic mass is 9.75. The van der Waals surface area contributed by atoms with Gasteiger partial charge in [-0.25, -0.2) is 5.06 Å². The van der Waals surface area contributed by atoms with E-state index in [1.807, 2.05) is 6.07 Å². The Labute approximate surface area is 144 Å². The van der Waals surface area contributed by atoms with Gasteiger partial charge < -0.3 is 9.84 Å². The zero-order valence-corrected chi connectivity index (χ0v) is 13.7. The molecule has 2 N–H and O–H groups in total. The topological polar surface area (TPSA) is 107 Å². The van der Waals surface area contributed by atoms with Gasteiger partial charge in [-0.2, -0.15) is 5.26 Å². The van der Waals surface area contributed by atoms with Gasteiger partial charge in [0, 0.05) is 18.0 Å². The molecule has 0 bridgehead atoms. The third-order valence-corrected chi connectivity index (χ3v) is 4.42. The number of rotatable bonds is 2. The van der Waals surface area contributed by atoms with Crippen LogP contribution in [-0.2, 0) is 0 Å². The van der Waals surface area contributed by atoms with E-state index in [9.17, 15) is 20.4 Å². The summed E-state index contributed by atoms with van der Waals surface area (Å²) < 4.78 is 5.76. The molecule has 1 aromatic carbocycles. The summed E-state index contributed by atoms with van der Waals surface area (Å²) in [7, 11) is 0. The largest absolute Gasteiger partial charge is 0.483 e. The average Bonchev–Trinajstić information content (AvgIpc) is 2.62. The first-order chi connectivity index (χ1) is 11.8. The van der Waals surface area contributed by atoms with E-state index >= 15 is 0 Å². The van der Waals surface area contributed by atoms with Crippen LogP contribution in [0.4, 0.5) is 0 Å². The minimum absolute atomic E-state index is 0.132. The Bertz CT molecular complexity index is 847. The fourth-order valence-corrected chi connectivity index (χ4v) is 2.95. The van der Waals surface area contributed by atoms with Crippen molar-refractivity contribution in [3.05, 3.63) is 59.9 Å². The second-order valence-corrected chi connectivity index (χ2v) is 6.32. The third kappa shape index (κ3) is 2.52. The molecule has 2 heterocycles. The van der Waals surface area contributed by atoms with Gasteiger partial charge >= 0.3 is 0 Å². The van der Waals surface area contributed by atoms with E-state index in [0.717, 1.165) is 0 Å². The number of amides is 1. The van der Waals surface area contributed by atoms with Crippen LogP contribution in [0.1, 0.15) is 35.8 Å². The quantitative estimate of drug-likeness (QED) is 0.493. The number of fused-ring (bicyclic) bond motifs is 1. The fraction of sp³-hybridized carbons (Fsp3) is 0.278. The second-order valence-electron chi connectivity index (χ2n) is 6.32. The highest BCUT2D eigenvalue weighted by atomic mass is 16.5. The Hall–Kier alpha value is -2.95. The molecule has 25 heavy (non-hydrogen) atoms. The first-order valence-electron chi connectivity index (χ1n) is 7.66. The van der Waals surface area contributed by atoms with Crippen molar-refractivity contribution < 1.29 is 19.8 Å². The van der Waals surface area contributed by atoms with Crippen molar-refractivity contribution in [3.8, 4) is 11.8 Å². The van der Waals surface area contributed by atoms with Crippen LogP contribution >= 0.6 is 0 Å². The van der Waals surface area contributed by atoms with Crippen LogP contribution in [0.3, 0.4) is 0 Å². The van der Waals surface area contributed by atoms with Gasteiger partial charge in [0.1, 0.15) is 23.5 Å². The standard InChI is InChI=1S/C18H17N3O4/c1-17(2)18(23,11-19)15(13-7-3-4-8-14(13)25-17)21(24)16(22)12-6-5-9-20-10-12/h3-10,15,23-24H,1-2H3. The molecular formula is C18H17N3O4. The molecule has 2 atom stereocenters. The van der Waals surface area contributed by atoms with Crippen molar-refractivity contribution in [1.29, 1.82) is 5.26 Å². The van der Waals surface area contributed by atoms with E-state index in [1.165, 1.54) is 32.3 Å². The van der Waals surface area contributed by atoms with Gasteiger partial charge in [0.2, 0.25) is 5.60 Å². The number of nitriles is 1. The predicted octanol–water partition coefficient (Wildman–Crippen LogP) is 2.08. The Morgan fingerprint density at radius 1 is 1.32 bits per heavy atom. The summed E-state index contributed by atoms with van der Waals surface area (Å²) in [5, 5.41) is 31.7. The van der Waals surface area contributed by atoms with Crippen molar-refractivity contribution >= 4 is 5.91 Å². The molecule has 1 amide bonds. The predicted molar refractivity (Wildman–Crippen MR) is 86.6 cm³/mol. The van der Waals surface area contributed by atoms with Gasteiger partial charge in [0.05, 0.1) is 5.56 Å². The van der Waals surface area contributed by atoms with Crippen molar-refractivity contribution in [2.75, 3.05) is 0 Å². The highest BCUT2D eigenvalue weighted by Crippen LogP contribution is 2.48. The monoisotopic (exact) mass is 339 g/mol. The van der Waals surface area contributed by atoms with Crippen LogP contribution in [-0.4, -0.2) is 37.5 Å². The zero-order valence-electron chi connectivity index (χ0n) is 13.7. The number of aromatic nitrogens is 1. The van der Waals surface area contributed by atoms with Crippen molar-refractivity contribution in [2.24, 2.45) is 0 Å². The van der Waals surface area contributed by atoms with Crippen LogP contribution in [0.5, 0.6) is 5.75 Å². The highest BCUT2D eigenvalue weighted by Gasteiger charge is 2.59. The van der Waals surface area contributed by atoms with Crippen molar-refractivity contribution in [1.82, 2.24) is 10.0 Å². The second kappa shape index (κ2) is 5.84. The zero-order chi connectivity index (χ0) is 18.2.